The van der Waals surface area contributed by atoms with Crippen LogP contribution in [-0.4, -0.2) is 21.1 Å². The largest absolute Gasteiger partial charge is 0.347 e. The number of aromatic nitrogens is 3. The van der Waals surface area contributed by atoms with Gasteiger partial charge in [-0.3, -0.25) is 9.78 Å². The highest BCUT2D eigenvalue weighted by Gasteiger charge is 2.09. The zero-order chi connectivity index (χ0) is 13.7. The molecule has 2 aromatic heterocycles. The zero-order valence-corrected chi connectivity index (χ0v) is 11.0. The second kappa shape index (κ2) is 6.04. The first-order chi connectivity index (χ1) is 9.16. The first-order valence-electron chi connectivity index (χ1n) is 6.17. The number of hydrogen-bond acceptors (Lipinski definition) is 4. The Bertz CT molecular complexity index is 537. The Balaban J connectivity index is 1.96. The first kappa shape index (κ1) is 13.1. The van der Waals surface area contributed by atoms with Crippen LogP contribution in [0.4, 0.5) is 0 Å². The number of pyridine rings is 1. The van der Waals surface area contributed by atoms with E-state index in [0.717, 1.165) is 11.3 Å². The summed E-state index contributed by atoms with van der Waals surface area (Å²) in [6.07, 6.45) is 3.41. The average molecular weight is 256 g/mol. The van der Waals surface area contributed by atoms with E-state index < -0.39 is 0 Å². The van der Waals surface area contributed by atoms with Crippen molar-refractivity contribution in [3.8, 4) is 0 Å². The summed E-state index contributed by atoms with van der Waals surface area (Å²) in [5.41, 5.74) is 2.15. The fourth-order valence-electron chi connectivity index (χ4n) is 1.55. The van der Waals surface area contributed by atoms with Gasteiger partial charge in [-0.05, 0) is 29.7 Å². The highest BCUT2D eigenvalue weighted by molar-refractivity contribution is 5.91. The van der Waals surface area contributed by atoms with Gasteiger partial charge >= 0.3 is 0 Å². The molecule has 2 aromatic rings. The lowest BCUT2D eigenvalue weighted by Crippen LogP contribution is -2.24. The van der Waals surface area contributed by atoms with Crippen LogP contribution in [0.2, 0.25) is 0 Å². The SMILES string of the molecule is CC(C)c1ccc(C(=O)NCc2cccnc2)nn1. The molecular formula is C14H16N4O. The van der Waals surface area contributed by atoms with Crippen LogP contribution in [0, 0.1) is 0 Å². The Labute approximate surface area is 112 Å². The summed E-state index contributed by atoms with van der Waals surface area (Å²) in [6.45, 7) is 4.50. The second-order valence-corrected chi connectivity index (χ2v) is 4.54. The van der Waals surface area contributed by atoms with Crippen LogP contribution in [0.1, 0.15) is 41.5 Å². The van der Waals surface area contributed by atoms with Crippen LogP contribution < -0.4 is 5.32 Å². The zero-order valence-electron chi connectivity index (χ0n) is 11.0. The van der Waals surface area contributed by atoms with E-state index in [0.29, 0.717) is 18.2 Å². The number of carbonyl (C=O) groups excluding carboxylic acids is 1. The van der Waals surface area contributed by atoms with Crippen LogP contribution in [0.5, 0.6) is 0 Å². The van der Waals surface area contributed by atoms with Crippen molar-refractivity contribution in [3.63, 3.8) is 0 Å². The highest BCUT2D eigenvalue weighted by atomic mass is 16.1. The summed E-state index contributed by atoms with van der Waals surface area (Å²) in [4.78, 5) is 15.9. The Morgan fingerprint density at radius 2 is 2.11 bits per heavy atom. The second-order valence-electron chi connectivity index (χ2n) is 4.54. The van der Waals surface area contributed by atoms with Crippen molar-refractivity contribution in [2.24, 2.45) is 0 Å². The lowest BCUT2D eigenvalue weighted by molar-refractivity contribution is 0.0944. The maximum Gasteiger partial charge on any atom is 0.272 e. The van der Waals surface area contributed by atoms with Crippen molar-refractivity contribution >= 4 is 5.91 Å². The van der Waals surface area contributed by atoms with Gasteiger partial charge in [0, 0.05) is 18.9 Å². The summed E-state index contributed by atoms with van der Waals surface area (Å²) >= 11 is 0. The third-order valence-corrected chi connectivity index (χ3v) is 2.69. The fourth-order valence-corrected chi connectivity index (χ4v) is 1.55. The van der Waals surface area contributed by atoms with E-state index in [9.17, 15) is 4.79 Å². The molecule has 0 saturated heterocycles. The van der Waals surface area contributed by atoms with E-state index in [1.165, 1.54) is 0 Å². The molecule has 0 fully saturated rings. The number of hydrogen-bond donors (Lipinski definition) is 1. The van der Waals surface area contributed by atoms with E-state index in [1.54, 1.807) is 18.5 Å². The van der Waals surface area contributed by atoms with Gasteiger partial charge in [0.1, 0.15) is 0 Å². The van der Waals surface area contributed by atoms with E-state index in [4.69, 9.17) is 0 Å². The lowest BCUT2D eigenvalue weighted by atomic mass is 10.1. The Kier molecular flexibility index (Phi) is 4.18. The summed E-state index contributed by atoms with van der Waals surface area (Å²) < 4.78 is 0. The van der Waals surface area contributed by atoms with Crippen LogP contribution in [-0.2, 0) is 6.54 Å². The summed E-state index contributed by atoms with van der Waals surface area (Å²) in [5.74, 6) is 0.0756. The van der Waals surface area contributed by atoms with Crippen molar-refractivity contribution in [1.82, 2.24) is 20.5 Å². The van der Waals surface area contributed by atoms with Gasteiger partial charge in [-0.1, -0.05) is 19.9 Å². The molecule has 0 aliphatic heterocycles. The van der Waals surface area contributed by atoms with Gasteiger partial charge in [0.05, 0.1) is 5.69 Å². The summed E-state index contributed by atoms with van der Waals surface area (Å²) in [5, 5.41) is 10.7. The van der Waals surface area contributed by atoms with E-state index >= 15 is 0 Å². The maximum absolute atomic E-state index is 11.9. The maximum atomic E-state index is 11.9. The normalized spacial score (nSPS) is 10.5. The number of rotatable bonds is 4. The van der Waals surface area contributed by atoms with E-state index in [-0.39, 0.29) is 5.91 Å². The van der Waals surface area contributed by atoms with Gasteiger partial charge < -0.3 is 5.32 Å². The molecular weight excluding hydrogens is 240 g/mol. The van der Waals surface area contributed by atoms with Crippen molar-refractivity contribution < 1.29 is 4.79 Å². The molecule has 0 aliphatic carbocycles. The standard InChI is InChI=1S/C14H16N4O/c1-10(2)12-5-6-13(18-17-12)14(19)16-9-11-4-3-7-15-8-11/h3-8,10H,9H2,1-2H3,(H,16,19). The van der Waals surface area contributed by atoms with Crippen molar-refractivity contribution in [2.75, 3.05) is 0 Å². The highest BCUT2D eigenvalue weighted by Crippen LogP contribution is 2.09. The summed E-state index contributed by atoms with van der Waals surface area (Å²) in [6, 6.07) is 7.26. The smallest absolute Gasteiger partial charge is 0.272 e. The third-order valence-electron chi connectivity index (χ3n) is 2.69. The average Bonchev–Trinajstić information content (AvgIpc) is 2.46. The van der Waals surface area contributed by atoms with Crippen LogP contribution >= 0.6 is 0 Å². The van der Waals surface area contributed by atoms with E-state index in [1.807, 2.05) is 32.0 Å². The molecule has 0 radical (unpaired) electrons. The van der Waals surface area contributed by atoms with Crippen LogP contribution in [0.3, 0.4) is 0 Å². The van der Waals surface area contributed by atoms with Gasteiger partial charge in [-0.25, -0.2) is 0 Å². The molecule has 0 spiro atoms. The number of nitrogens with zero attached hydrogens (tertiary/aromatic N) is 3. The van der Waals surface area contributed by atoms with Gasteiger partial charge in [-0.2, -0.15) is 5.10 Å². The lowest BCUT2D eigenvalue weighted by Gasteiger charge is -2.06. The minimum atomic E-state index is -0.230. The molecule has 2 rings (SSSR count). The molecule has 1 amide bonds. The van der Waals surface area contributed by atoms with Crippen molar-refractivity contribution in [3.05, 3.63) is 53.6 Å². The minimum absolute atomic E-state index is 0.230. The van der Waals surface area contributed by atoms with Gasteiger partial charge in [0.25, 0.3) is 5.91 Å². The fraction of sp³-hybridized carbons (Fsp3) is 0.286. The molecule has 1 N–H and O–H groups in total. The third kappa shape index (κ3) is 3.58. The quantitative estimate of drug-likeness (QED) is 0.907. The topological polar surface area (TPSA) is 67.8 Å². The molecule has 19 heavy (non-hydrogen) atoms. The number of nitrogens with one attached hydrogen (secondary N) is 1. The van der Waals surface area contributed by atoms with Gasteiger partial charge in [-0.15, -0.1) is 5.10 Å². The van der Waals surface area contributed by atoms with Crippen LogP contribution in [0.15, 0.2) is 36.7 Å². The number of amides is 1. The summed E-state index contributed by atoms with van der Waals surface area (Å²) in [7, 11) is 0. The molecule has 0 saturated carbocycles. The Morgan fingerprint density at radius 1 is 1.26 bits per heavy atom. The van der Waals surface area contributed by atoms with Gasteiger partial charge in [0.2, 0.25) is 0 Å². The molecule has 5 nitrogen and oxygen atoms in total. The first-order valence-corrected chi connectivity index (χ1v) is 6.17. The van der Waals surface area contributed by atoms with E-state index in [2.05, 4.69) is 20.5 Å². The molecule has 98 valence electrons. The van der Waals surface area contributed by atoms with Crippen molar-refractivity contribution in [1.29, 1.82) is 0 Å². The Hall–Kier alpha value is -2.30. The molecule has 2 heterocycles. The Morgan fingerprint density at radius 3 is 2.68 bits per heavy atom. The molecule has 5 heteroatoms. The van der Waals surface area contributed by atoms with Crippen LogP contribution in [0.25, 0.3) is 0 Å². The number of carbonyl (C=O) groups is 1. The molecule has 0 unspecified atom stereocenters. The van der Waals surface area contributed by atoms with Gasteiger partial charge in [0.15, 0.2) is 5.69 Å². The molecule has 0 aliphatic rings. The monoisotopic (exact) mass is 256 g/mol. The molecule has 0 atom stereocenters. The predicted molar refractivity (Wildman–Crippen MR) is 71.5 cm³/mol. The van der Waals surface area contributed by atoms with Crippen molar-refractivity contribution in [2.45, 2.75) is 26.3 Å². The molecule has 0 aromatic carbocycles. The minimum Gasteiger partial charge on any atom is -0.347 e. The predicted octanol–water partition coefficient (Wildman–Crippen LogP) is 1.93. The molecule has 0 bridgehead atoms.